The van der Waals surface area contributed by atoms with E-state index in [0.29, 0.717) is 11.6 Å². The average Bonchev–Trinajstić information content (AvgIpc) is 2.81. The molecule has 0 atom stereocenters. The molecule has 0 N–H and O–H groups in total. The van der Waals surface area contributed by atoms with Gasteiger partial charge in [0.25, 0.3) is 0 Å². The lowest BCUT2D eigenvalue weighted by atomic mass is 10.0. The Balaban J connectivity index is 2.13. The predicted octanol–water partition coefficient (Wildman–Crippen LogP) is 1.72. The molecular weight excluding hydrogens is 226 g/mol. The topological polar surface area (TPSA) is 67.4 Å². The number of rotatable bonds is 1. The van der Waals surface area contributed by atoms with Crippen LogP contribution < -0.4 is 0 Å². The van der Waals surface area contributed by atoms with Crippen LogP contribution in [0.15, 0.2) is 12.4 Å². The molecule has 0 radical (unpaired) electrons. The van der Waals surface area contributed by atoms with Crippen LogP contribution in [0.5, 0.6) is 0 Å². The first-order valence-corrected chi connectivity index (χ1v) is 6.09. The summed E-state index contributed by atoms with van der Waals surface area (Å²) < 4.78 is 1.92. The van der Waals surface area contributed by atoms with Crippen molar-refractivity contribution in [3.63, 3.8) is 0 Å². The maximum Gasteiger partial charge on any atom is 0.236 e. The van der Waals surface area contributed by atoms with Gasteiger partial charge in [0.05, 0.1) is 5.69 Å². The summed E-state index contributed by atoms with van der Waals surface area (Å²) in [4.78, 5) is 13.1. The van der Waals surface area contributed by atoms with Crippen molar-refractivity contribution in [3.05, 3.63) is 35.2 Å². The predicted molar refractivity (Wildman–Crippen MR) is 65.2 cm³/mol. The molecule has 3 rings (SSSR count). The summed E-state index contributed by atoms with van der Waals surface area (Å²) in [5.74, 6) is 0.558. The summed E-state index contributed by atoms with van der Waals surface area (Å²) in [7, 11) is 0. The highest BCUT2D eigenvalue weighted by Crippen LogP contribution is 2.21. The van der Waals surface area contributed by atoms with E-state index < -0.39 is 0 Å². The van der Waals surface area contributed by atoms with Gasteiger partial charge >= 0.3 is 0 Å². The van der Waals surface area contributed by atoms with Crippen LogP contribution >= 0.6 is 0 Å². The summed E-state index contributed by atoms with van der Waals surface area (Å²) in [6.45, 7) is 1.87. The molecule has 18 heavy (non-hydrogen) atoms. The molecule has 5 heteroatoms. The molecule has 0 aromatic carbocycles. The van der Waals surface area contributed by atoms with E-state index in [0.717, 1.165) is 24.2 Å². The van der Waals surface area contributed by atoms with E-state index in [1.54, 1.807) is 12.4 Å². The van der Waals surface area contributed by atoms with E-state index in [1.807, 2.05) is 11.5 Å². The zero-order chi connectivity index (χ0) is 12.5. The van der Waals surface area contributed by atoms with Gasteiger partial charge in [0.2, 0.25) is 5.95 Å². The van der Waals surface area contributed by atoms with Crippen LogP contribution in [0.2, 0.25) is 0 Å². The summed E-state index contributed by atoms with van der Waals surface area (Å²) >= 11 is 0. The average molecular weight is 239 g/mol. The number of aromatic nitrogens is 4. The van der Waals surface area contributed by atoms with Crippen molar-refractivity contribution in [3.8, 4) is 12.0 Å². The second kappa shape index (κ2) is 4.22. The Morgan fingerprint density at radius 2 is 2.11 bits per heavy atom. The molecule has 1 aliphatic carbocycles. The quantitative estimate of drug-likeness (QED) is 0.760. The highest BCUT2D eigenvalue weighted by molar-refractivity contribution is 5.30. The fourth-order valence-corrected chi connectivity index (χ4v) is 2.36. The Labute approximate surface area is 105 Å². The monoisotopic (exact) mass is 239 g/mol. The molecule has 0 aliphatic heterocycles. The summed E-state index contributed by atoms with van der Waals surface area (Å²) in [5.41, 5.74) is 3.53. The van der Waals surface area contributed by atoms with Gasteiger partial charge in [-0.25, -0.2) is 15.0 Å². The molecule has 0 bridgehead atoms. The highest BCUT2D eigenvalue weighted by Gasteiger charge is 2.17. The Morgan fingerprint density at radius 1 is 1.28 bits per heavy atom. The van der Waals surface area contributed by atoms with Gasteiger partial charge < -0.3 is 0 Å². The van der Waals surface area contributed by atoms with Gasteiger partial charge in [-0.2, -0.15) is 5.26 Å². The second-order valence-corrected chi connectivity index (χ2v) is 4.52. The summed E-state index contributed by atoms with van der Waals surface area (Å²) in [5, 5.41) is 8.96. The minimum absolute atomic E-state index is 0.399. The molecule has 2 aromatic heterocycles. The Bertz CT molecular complexity index is 635. The third kappa shape index (κ3) is 1.76. The van der Waals surface area contributed by atoms with Crippen LogP contribution in [0, 0.1) is 18.3 Å². The maximum absolute atomic E-state index is 8.96. The first kappa shape index (κ1) is 10.9. The number of fused-ring (bicyclic) bond motifs is 1. The molecule has 2 aromatic rings. The molecule has 0 unspecified atom stereocenters. The van der Waals surface area contributed by atoms with Crippen LogP contribution in [0.4, 0.5) is 0 Å². The fraction of sp³-hybridized carbons (Fsp3) is 0.385. The Kier molecular flexibility index (Phi) is 2.56. The standard InChI is InChI=1S/C13H13N5/c1-9-6-10(7-14)17-13(16-9)18-8-15-11-4-2-3-5-12(11)18/h6,8H,2-5H2,1H3. The van der Waals surface area contributed by atoms with E-state index in [9.17, 15) is 0 Å². The number of hydrogen-bond donors (Lipinski definition) is 0. The normalized spacial score (nSPS) is 14.0. The van der Waals surface area contributed by atoms with Crippen molar-refractivity contribution in [2.75, 3.05) is 0 Å². The van der Waals surface area contributed by atoms with Crippen molar-refractivity contribution in [2.24, 2.45) is 0 Å². The SMILES string of the molecule is Cc1cc(C#N)nc(-n2cnc3c2CCCC3)n1. The lowest BCUT2D eigenvalue weighted by Crippen LogP contribution is -2.10. The number of imidazole rings is 1. The zero-order valence-electron chi connectivity index (χ0n) is 10.2. The van der Waals surface area contributed by atoms with Gasteiger partial charge in [-0.05, 0) is 38.7 Å². The van der Waals surface area contributed by atoms with Crippen molar-refractivity contribution in [2.45, 2.75) is 32.6 Å². The van der Waals surface area contributed by atoms with E-state index in [-0.39, 0.29) is 0 Å². The van der Waals surface area contributed by atoms with Crippen LogP contribution in [0.3, 0.4) is 0 Å². The fourth-order valence-electron chi connectivity index (χ4n) is 2.36. The number of nitrogens with zero attached hydrogens (tertiary/aromatic N) is 5. The van der Waals surface area contributed by atoms with Crippen molar-refractivity contribution in [1.82, 2.24) is 19.5 Å². The van der Waals surface area contributed by atoms with Crippen LogP contribution in [0.1, 0.15) is 35.6 Å². The number of aryl methyl sites for hydroxylation is 2. The lowest BCUT2D eigenvalue weighted by Gasteiger charge is -2.13. The van der Waals surface area contributed by atoms with Crippen molar-refractivity contribution in [1.29, 1.82) is 5.26 Å². The maximum atomic E-state index is 8.96. The van der Waals surface area contributed by atoms with E-state index >= 15 is 0 Å². The summed E-state index contributed by atoms with van der Waals surface area (Å²) in [6.07, 6.45) is 6.18. The Morgan fingerprint density at radius 3 is 2.94 bits per heavy atom. The molecule has 0 amide bonds. The molecule has 0 saturated carbocycles. The smallest absolute Gasteiger partial charge is 0.236 e. The zero-order valence-corrected chi connectivity index (χ0v) is 10.2. The molecule has 0 fully saturated rings. The molecule has 0 spiro atoms. The highest BCUT2D eigenvalue weighted by atomic mass is 15.2. The van der Waals surface area contributed by atoms with Crippen LogP contribution in [0.25, 0.3) is 5.95 Å². The first-order chi connectivity index (χ1) is 8.78. The minimum atomic E-state index is 0.399. The van der Waals surface area contributed by atoms with Crippen LogP contribution in [-0.4, -0.2) is 19.5 Å². The third-order valence-corrected chi connectivity index (χ3v) is 3.20. The first-order valence-electron chi connectivity index (χ1n) is 6.09. The van der Waals surface area contributed by atoms with Gasteiger partial charge in [-0.3, -0.25) is 4.57 Å². The largest absolute Gasteiger partial charge is 0.271 e. The van der Waals surface area contributed by atoms with Gasteiger partial charge in [0, 0.05) is 11.4 Å². The molecule has 5 nitrogen and oxygen atoms in total. The number of nitriles is 1. The van der Waals surface area contributed by atoms with Crippen molar-refractivity contribution >= 4 is 0 Å². The van der Waals surface area contributed by atoms with Crippen LogP contribution in [-0.2, 0) is 12.8 Å². The van der Waals surface area contributed by atoms with Gasteiger partial charge in [0.15, 0.2) is 0 Å². The summed E-state index contributed by atoms with van der Waals surface area (Å²) in [6, 6.07) is 3.75. The third-order valence-electron chi connectivity index (χ3n) is 3.20. The molecule has 90 valence electrons. The van der Waals surface area contributed by atoms with Gasteiger partial charge in [-0.15, -0.1) is 0 Å². The van der Waals surface area contributed by atoms with Crippen molar-refractivity contribution < 1.29 is 0 Å². The molecule has 2 heterocycles. The Hall–Kier alpha value is -2.22. The molecule has 0 saturated heterocycles. The second-order valence-electron chi connectivity index (χ2n) is 4.52. The van der Waals surface area contributed by atoms with E-state index in [4.69, 9.17) is 5.26 Å². The number of hydrogen-bond acceptors (Lipinski definition) is 4. The lowest BCUT2D eigenvalue weighted by molar-refractivity contribution is 0.651. The molecule has 1 aliphatic rings. The minimum Gasteiger partial charge on any atom is -0.271 e. The van der Waals surface area contributed by atoms with Gasteiger partial charge in [-0.1, -0.05) is 0 Å². The van der Waals surface area contributed by atoms with Gasteiger partial charge in [0.1, 0.15) is 18.1 Å². The van der Waals surface area contributed by atoms with E-state index in [1.165, 1.54) is 18.5 Å². The van der Waals surface area contributed by atoms with E-state index in [2.05, 4.69) is 21.0 Å². The molecular formula is C13H13N5.